The number of hydrogen-bond acceptors (Lipinski definition) is 5. The van der Waals surface area contributed by atoms with Crippen molar-refractivity contribution in [2.24, 2.45) is 0 Å². The van der Waals surface area contributed by atoms with Crippen molar-refractivity contribution in [1.29, 1.82) is 0 Å². The van der Waals surface area contributed by atoms with Gasteiger partial charge in [-0.25, -0.2) is 4.79 Å². The minimum Gasteiger partial charge on any atom is -0.391 e. The Morgan fingerprint density at radius 3 is 3.00 bits per heavy atom. The SMILES string of the molecule is Cc1cn([C@@H]2CO[C@H](CO)O2)c(=O)[nH]c1=O. The number of aromatic nitrogens is 2. The second-order valence-electron chi connectivity index (χ2n) is 3.51. The summed E-state index contributed by atoms with van der Waals surface area (Å²) in [5, 5.41) is 8.80. The molecule has 0 bridgehead atoms. The molecular weight excluding hydrogens is 216 g/mol. The van der Waals surface area contributed by atoms with E-state index in [-0.39, 0.29) is 13.2 Å². The molecule has 1 aromatic heterocycles. The van der Waals surface area contributed by atoms with Crippen molar-refractivity contribution < 1.29 is 14.6 Å². The molecule has 7 heteroatoms. The van der Waals surface area contributed by atoms with E-state index >= 15 is 0 Å². The Labute approximate surface area is 90.2 Å². The fourth-order valence-electron chi connectivity index (χ4n) is 1.49. The molecular formula is C9H12N2O5. The Kier molecular flexibility index (Phi) is 2.90. The van der Waals surface area contributed by atoms with Crippen LogP contribution in [0.3, 0.4) is 0 Å². The van der Waals surface area contributed by atoms with Crippen LogP contribution >= 0.6 is 0 Å². The zero-order valence-electron chi connectivity index (χ0n) is 8.67. The molecule has 0 unspecified atom stereocenters. The van der Waals surface area contributed by atoms with Gasteiger partial charge >= 0.3 is 5.69 Å². The van der Waals surface area contributed by atoms with E-state index in [2.05, 4.69) is 4.98 Å². The van der Waals surface area contributed by atoms with Crippen LogP contribution in [0.1, 0.15) is 11.8 Å². The summed E-state index contributed by atoms with van der Waals surface area (Å²) in [6.45, 7) is 1.48. The number of ether oxygens (including phenoxy) is 2. The fraction of sp³-hybridized carbons (Fsp3) is 0.556. The molecule has 1 fully saturated rings. The van der Waals surface area contributed by atoms with E-state index in [1.54, 1.807) is 6.92 Å². The standard InChI is InChI=1S/C9H12N2O5/c1-5-2-11(9(14)10-8(5)13)6-4-15-7(3-12)16-6/h2,6-7,12H,3-4H2,1H3,(H,10,13,14)/t6-,7-/m0/s1. The summed E-state index contributed by atoms with van der Waals surface area (Å²) in [7, 11) is 0. The molecule has 0 aromatic carbocycles. The maximum Gasteiger partial charge on any atom is 0.330 e. The lowest BCUT2D eigenvalue weighted by molar-refractivity contribution is -0.0993. The second kappa shape index (κ2) is 4.20. The molecule has 0 spiro atoms. The van der Waals surface area contributed by atoms with Gasteiger partial charge in [-0.15, -0.1) is 0 Å². The molecule has 0 aliphatic carbocycles. The van der Waals surface area contributed by atoms with Gasteiger partial charge in [-0.1, -0.05) is 0 Å². The number of hydrogen-bond donors (Lipinski definition) is 2. The van der Waals surface area contributed by atoms with Gasteiger partial charge in [0.1, 0.15) is 0 Å². The molecule has 1 saturated heterocycles. The maximum atomic E-state index is 11.5. The van der Waals surface area contributed by atoms with E-state index in [1.807, 2.05) is 0 Å². The summed E-state index contributed by atoms with van der Waals surface area (Å²) in [5.74, 6) is 0. The van der Waals surface area contributed by atoms with Gasteiger partial charge in [-0.3, -0.25) is 14.3 Å². The summed E-state index contributed by atoms with van der Waals surface area (Å²) in [6, 6.07) is 0. The Balaban J connectivity index is 2.32. The lowest BCUT2D eigenvalue weighted by Gasteiger charge is -2.12. The fourth-order valence-corrected chi connectivity index (χ4v) is 1.49. The van der Waals surface area contributed by atoms with Crippen LogP contribution in [0.25, 0.3) is 0 Å². The van der Waals surface area contributed by atoms with Crippen molar-refractivity contribution in [3.63, 3.8) is 0 Å². The zero-order valence-corrected chi connectivity index (χ0v) is 8.67. The smallest absolute Gasteiger partial charge is 0.330 e. The molecule has 16 heavy (non-hydrogen) atoms. The second-order valence-corrected chi connectivity index (χ2v) is 3.51. The van der Waals surface area contributed by atoms with Crippen LogP contribution in [0.2, 0.25) is 0 Å². The van der Waals surface area contributed by atoms with Crippen molar-refractivity contribution in [2.45, 2.75) is 19.4 Å². The van der Waals surface area contributed by atoms with Gasteiger partial charge in [-0.05, 0) is 6.92 Å². The van der Waals surface area contributed by atoms with Crippen LogP contribution in [-0.4, -0.2) is 34.2 Å². The molecule has 1 aromatic rings. The quantitative estimate of drug-likeness (QED) is 0.656. The van der Waals surface area contributed by atoms with Gasteiger partial charge in [0.05, 0.1) is 13.2 Å². The molecule has 0 radical (unpaired) electrons. The van der Waals surface area contributed by atoms with E-state index < -0.39 is 23.8 Å². The van der Waals surface area contributed by atoms with Crippen LogP contribution in [0.5, 0.6) is 0 Å². The summed E-state index contributed by atoms with van der Waals surface area (Å²) in [5.41, 5.74) is -0.558. The highest BCUT2D eigenvalue weighted by Crippen LogP contribution is 2.18. The van der Waals surface area contributed by atoms with Crippen LogP contribution < -0.4 is 11.2 Å². The number of aryl methyl sites for hydroxylation is 1. The number of aliphatic hydroxyl groups is 1. The average molecular weight is 228 g/mol. The third kappa shape index (κ3) is 1.92. The highest BCUT2D eigenvalue weighted by atomic mass is 16.7. The van der Waals surface area contributed by atoms with E-state index in [4.69, 9.17) is 14.6 Å². The Morgan fingerprint density at radius 1 is 1.62 bits per heavy atom. The van der Waals surface area contributed by atoms with Crippen molar-refractivity contribution in [3.05, 3.63) is 32.6 Å². The molecule has 2 heterocycles. The largest absolute Gasteiger partial charge is 0.391 e. The number of aromatic amines is 1. The predicted molar refractivity (Wildman–Crippen MR) is 53.0 cm³/mol. The molecule has 2 atom stereocenters. The molecule has 0 amide bonds. The number of nitrogens with zero attached hydrogens (tertiary/aromatic N) is 1. The van der Waals surface area contributed by atoms with Crippen molar-refractivity contribution in [1.82, 2.24) is 9.55 Å². The van der Waals surface area contributed by atoms with Gasteiger partial charge in [0.2, 0.25) is 0 Å². The van der Waals surface area contributed by atoms with Crippen LogP contribution in [0.4, 0.5) is 0 Å². The monoisotopic (exact) mass is 228 g/mol. The summed E-state index contributed by atoms with van der Waals surface area (Å²) >= 11 is 0. The molecule has 7 nitrogen and oxygen atoms in total. The van der Waals surface area contributed by atoms with Crippen LogP contribution in [0, 0.1) is 6.92 Å². The Bertz CT molecular complexity index is 491. The Hall–Kier alpha value is -1.44. The molecule has 2 rings (SSSR count). The highest BCUT2D eigenvalue weighted by Gasteiger charge is 2.27. The highest BCUT2D eigenvalue weighted by molar-refractivity contribution is 5.01. The van der Waals surface area contributed by atoms with Crippen molar-refractivity contribution in [3.8, 4) is 0 Å². The molecule has 0 saturated carbocycles. The van der Waals surface area contributed by atoms with Gasteiger partial charge in [-0.2, -0.15) is 0 Å². The first-order valence-electron chi connectivity index (χ1n) is 4.82. The molecule has 1 aliphatic rings. The van der Waals surface area contributed by atoms with E-state index in [1.165, 1.54) is 10.8 Å². The lowest BCUT2D eigenvalue weighted by Crippen LogP contribution is -2.34. The van der Waals surface area contributed by atoms with Gasteiger partial charge < -0.3 is 14.6 Å². The number of rotatable bonds is 2. The summed E-state index contributed by atoms with van der Waals surface area (Å²) in [6.07, 6.45) is 0.0823. The minimum atomic E-state index is -0.718. The summed E-state index contributed by atoms with van der Waals surface area (Å²) < 4.78 is 11.6. The normalized spacial score (nSPS) is 24.9. The molecule has 88 valence electrons. The first-order valence-corrected chi connectivity index (χ1v) is 4.82. The van der Waals surface area contributed by atoms with E-state index in [0.717, 1.165) is 0 Å². The van der Waals surface area contributed by atoms with E-state index in [0.29, 0.717) is 5.56 Å². The first kappa shape index (κ1) is 11.1. The van der Waals surface area contributed by atoms with Crippen molar-refractivity contribution in [2.75, 3.05) is 13.2 Å². The zero-order chi connectivity index (χ0) is 11.7. The molecule has 1 aliphatic heterocycles. The van der Waals surface area contributed by atoms with Gasteiger partial charge in [0.15, 0.2) is 12.5 Å². The predicted octanol–water partition coefficient (Wildman–Crippen LogP) is -1.29. The maximum absolute atomic E-state index is 11.5. The third-order valence-electron chi connectivity index (χ3n) is 2.34. The van der Waals surface area contributed by atoms with Crippen LogP contribution in [0.15, 0.2) is 15.8 Å². The Morgan fingerprint density at radius 2 is 2.38 bits per heavy atom. The van der Waals surface area contributed by atoms with Crippen molar-refractivity contribution >= 4 is 0 Å². The average Bonchev–Trinajstić information content (AvgIpc) is 2.71. The van der Waals surface area contributed by atoms with Crippen LogP contribution in [-0.2, 0) is 9.47 Å². The number of aliphatic hydroxyl groups excluding tert-OH is 1. The first-order chi connectivity index (χ1) is 7.61. The summed E-state index contributed by atoms with van der Waals surface area (Å²) in [4.78, 5) is 24.8. The lowest BCUT2D eigenvalue weighted by atomic mass is 10.4. The molecule has 2 N–H and O–H groups in total. The minimum absolute atomic E-state index is 0.163. The topological polar surface area (TPSA) is 93.6 Å². The van der Waals surface area contributed by atoms with E-state index in [9.17, 15) is 9.59 Å². The van der Waals surface area contributed by atoms with Gasteiger partial charge in [0, 0.05) is 11.8 Å². The number of H-pyrrole nitrogens is 1. The number of nitrogens with one attached hydrogen (secondary N) is 1. The third-order valence-corrected chi connectivity index (χ3v) is 2.34. The van der Waals surface area contributed by atoms with Gasteiger partial charge in [0.25, 0.3) is 5.56 Å².